The maximum Gasteiger partial charge on any atom is 0.130 e. The lowest BCUT2D eigenvalue weighted by atomic mass is 10.4. The van der Waals surface area contributed by atoms with Gasteiger partial charge in [-0.3, -0.25) is 4.98 Å². The van der Waals surface area contributed by atoms with Crippen molar-refractivity contribution in [2.24, 2.45) is 0 Å². The van der Waals surface area contributed by atoms with Crippen LogP contribution in [-0.2, 0) is 0 Å². The molecule has 3 heteroatoms. The fourth-order valence-corrected chi connectivity index (χ4v) is 1.08. The standard InChI is InChI=1S/C6H7NOS/c1-2-5(8)6-3-7-4-9-6/h2-4,8H,1H3. The summed E-state index contributed by atoms with van der Waals surface area (Å²) in [6.45, 7) is 1.79. The molecular weight excluding hydrogens is 134 g/mol. The number of hydrogen-bond acceptors (Lipinski definition) is 3. The molecule has 48 valence electrons. The quantitative estimate of drug-likeness (QED) is 0.607. The third-order valence-corrected chi connectivity index (χ3v) is 1.75. The molecule has 0 saturated carbocycles. The number of hydrogen-bond donors (Lipinski definition) is 1. The van der Waals surface area contributed by atoms with E-state index in [2.05, 4.69) is 4.98 Å². The predicted octanol–water partition coefficient (Wildman–Crippen LogP) is 2.06. The first-order valence-electron chi connectivity index (χ1n) is 2.58. The molecular formula is C6H7NOS. The Hall–Kier alpha value is -0.830. The average molecular weight is 141 g/mol. The number of nitrogens with zero attached hydrogens (tertiary/aromatic N) is 1. The lowest BCUT2D eigenvalue weighted by Gasteiger charge is -1.88. The maximum atomic E-state index is 9.05. The molecule has 0 radical (unpaired) electrons. The Bertz CT molecular complexity index is 203. The van der Waals surface area contributed by atoms with Crippen LogP contribution in [0.1, 0.15) is 11.8 Å². The highest BCUT2D eigenvalue weighted by molar-refractivity contribution is 7.10. The van der Waals surface area contributed by atoms with Crippen LogP contribution in [0.15, 0.2) is 17.8 Å². The van der Waals surface area contributed by atoms with E-state index in [1.807, 2.05) is 0 Å². The van der Waals surface area contributed by atoms with Gasteiger partial charge in [0.25, 0.3) is 0 Å². The van der Waals surface area contributed by atoms with Gasteiger partial charge in [0.15, 0.2) is 0 Å². The van der Waals surface area contributed by atoms with Crippen LogP contribution in [0.3, 0.4) is 0 Å². The Morgan fingerprint density at radius 2 is 2.67 bits per heavy atom. The van der Waals surface area contributed by atoms with Crippen molar-refractivity contribution in [3.8, 4) is 0 Å². The van der Waals surface area contributed by atoms with Crippen molar-refractivity contribution in [1.29, 1.82) is 0 Å². The van der Waals surface area contributed by atoms with Crippen molar-refractivity contribution in [2.75, 3.05) is 0 Å². The Labute approximate surface area is 57.5 Å². The summed E-state index contributed by atoms with van der Waals surface area (Å²) in [4.78, 5) is 4.63. The van der Waals surface area contributed by atoms with E-state index < -0.39 is 0 Å². The molecule has 0 atom stereocenters. The highest BCUT2D eigenvalue weighted by Crippen LogP contribution is 2.14. The lowest BCUT2D eigenvalue weighted by molar-refractivity contribution is 0.513. The summed E-state index contributed by atoms with van der Waals surface area (Å²) in [7, 11) is 0. The second-order valence-electron chi connectivity index (χ2n) is 1.54. The SMILES string of the molecule is CC=C(O)c1cncs1. The molecule has 0 aromatic carbocycles. The lowest BCUT2D eigenvalue weighted by Crippen LogP contribution is -1.72. The van der Waals surface area contributed by atoms with Gasteiger partial charge in [0.05, 0.1) is 10.4 Å². The molecule has 1 aromatic rings. The molecule has 1 rings (SSSR count). The smallest absolute Gasteiger partial charge is 0.130 e. The van der Waals surface area contributed by atoms with Crippen LogP contribution >= 0.6 is 11.3 Å². The highest BCUT2D eigenvalue weighted by atomic mass is 32.1. The Kier molecular flexibility index (Phi) is 1.85. The van der Waals surface area contributed by atoms with Gasteiger partial charge in [0, 0.05) is 6.20 Å². The number of aromatic nitrogens is 1. The molecule has 1 aromatic heterocycles. The molecule has 0 spiro atoms. The maximum absolute atomic E-state index is 9.05. The largest absolute Gasteiger partial charge is 0.507 e. The zero-order chi connectivity index (χ0) is 6.69. The summed E-state index contributed by atoms with van der Waals surface area (Å²) in [5, 5.41) is 9.05. The Morgan fingerprint density at radius 1 is 1.89 bits per heavy atom. The number of aliphatic hydroxyl groups excluding tert-OH is 1. The molecule has 0 aliphatic rings. The molecule has 0 unspecified atom stereocenters. The molecule has 1 heterocycles. The van der Waals surface area contributed by atoms with Gasteiger partial charge in [-0.15, -0.1) is 11.3 Å². The summed E-state index contributed by atoms with van der Waals surface area (Å²) in [6, 6.07) is 0. The summed E-state index contributed by atoms with van der Waals surface area (Å²) in [5.74, 6) is 0.303. The van der Waals surface area contributed by atoms with E-state index in [1.165, 1.54) is 11.3 Å². The van der Waals surface area contributed by atoms with Gasteiger partial charge in [0.2, 0.25) is 0 Å². The second kappa shape index (κ2) is 2.64. The minimum atomic E-state index is 0.303. The van der Waals surface area contributed by atoms with E-state index in [0.717, 1.165) is 4.88 Å². The van der Waals surface area contributed by atoms with Crippen molar-refractivity contribution in [2.45, 2.75) is 6.92 Å². The summed E-state index contributed by atoms with van der Waals surface area (Å²) >= 11 is 1.43. The Morgan fingerprint density at radius 3 is 3.11 bits per heavy atom. The van der Waals surface area contributed by atoms with Crippen molar-refractivity contribution in [3.05, 3.63) is 22.7 Å². The number of thiazole rings is 1. The van der Waals surface area contributed by atoms with Crippen LogP contribution < -0.4 is 0 Å². The van der Waals surface area contributed by atoms with Crippen molar-refractivity contribution >= 4 is 17.1 Å². The van der Waals surface area contributed by atoms with Gasteiger partial charge in [-0.25, -0.2) is 0 Å². The van der Waals surface area contributed by atoms with Gasteiger partial charge in [-0.1, -0.05) is 0 Å². The first-order valence-corrected chi connectivity index (χ1v) is 3.46. The molecule has 0 aliphatic heterocycles. The van der Waals surface area contributed by atoms with Crippen molar-refractivity contribution in [1.82, 2.24) is 4.98 Å². The number of allylic oxidation sites excluding steroid dienone is 1. The van der Waals surface area contributed by atoms with Gasteiger partial charge in [-0.05, 0) is 13.0 Å². The van der Waals surface area contributed by atoms with Gasteiger partial charge < -0.3 is 5.11 Å². The average Bonchev–Trinajstić information content (AvgIpc) is 2.37. The predicted molar refractivity (Wildman–Crippen MR) is 38.4 cm³/mol. The number of rotatable bonds is 1. The van der Waals surface area contributed by atoms with E-state index in [0.29, 0.717) is 5.76 Å². The first kappa shape index (κ1) is 6.29. The van der Waals surface area contributed by atoms with Crippen molar-refractivity contribution in [3.63, 3.8) is 0 Å². The molecule has 0 amide bonds. The molecule has 1 N–H and O–H groups in total. The van der Waals surface area contributed by atoms with Crippen molar-refractivity contribution < 1.29 is 5.11 Å². The monoisotopic (exact) mass is 141 g/mol. The van der Waals surface area contributed by atoms with Gasteiger partial charge >= 0.3 is 0 Å². The highest BCUT2D eigenvalue weighted by Gasteiger charge is 1.95. The van der Waals surface area contributed by atoms with Gasteiger partial charge in [0.1, 0.15) is 5.76 Å². The molecule has 0 fully saturated rings. The summed E-state index contributed by atoms with van der Waals surface area (Å²) < 4.78 is 0. The molecule has 0 bridgehead atoms. The third-order valence-electron chi connectivity index (χ3n) is 0.958. The fraction of sp³-hybridized carbons (Fsp3) is 0.167. The summed E-state index contributed by atoms with van der Waals surface area (Å²) in [6.07, 6.45) is 3.29. The fourth-order valence-electron chi connectivity index (χ4n) is 0.485. The minimum Gasteiger partial charge on any atom is -0.507 e. The third kappa shape index (κ3) is 1.29. The first-order chi connectivity index (χ1) is 4.34. The van der Waals surface area contributed by atoms with Gasteiger partial charge in [-0.2, -0.15) is 0 Å². The zero-order valence-electron chi connectivity index (χ0n) is 5.03. The normalized spacial score (nSPS) is 11.9. The van der Waals surface area contributed by atoms with E-state index >= 15 is 0 Å². The molecule has 2 nitrogen and oxygen atoms in total. The summed E-state index contributed by atoms with van der Waals surface area (Å²) in [5.41, 5.74) is 1.69. The number of aliphatic hydroxyl groups is 1. The molecule has 9 heavy (non-hydrogen) atoms. The second-order valence-corrected chi connectivity index (χ2v) is 2.43. The zero-order valence-corrected chi connectivity index (χ0v) is 5.85. The Balaban J connectivity index is 2.90. The van der Waals surface area contributed by atoms with Crippen LogP contribution in [0.2, 0.25) is 0 Å². The van der Waals surface area contributed by atoms with E-state index in [9.17, 15) is 0 Å². The van der Waals surface area contributed by atoms with Crippen LogP contribution in [0.4, 0.5) is 0 Å². The van der Waals surface area contributed by atoms with Crippen LogP contribution in [0, 0.1) is 0 Å². The van der Waals surface area contributed by atoms with Crippen LogP contribution in [0.25, 0.3) is 5.76 Å². The van der Waals surface area contributed by atoms with Crippen LogP contribution in [-0.4, -0.2) is 10.1 Å². The minimum absolute atomic E-state index is 0.303. The molecule has 0 aliphatic carbocycles. The molecule has 0 saturated heterocycles. The van der Waals surface area contributed by atoms with E-state index in [4.69, 9.17) is 5.11 Å². The topological polar surface area (TPSA) is 33.1 Å². The van der Waals surface area contributed by atoms with E-state index in [1.54, 1.807) is 24.7 Å². The van der Waals surface area contributed by atoms with E-state index in [-0.39, 0.29) is 0 Å². The van der Waals surface area contributed by atoms with Crippen LogP contribution in [0.5, 0.6) is 0 Å².